The molecular formula is C19H22N4O5. The molecule has 28 heavy (non-hydrogen) atoms. The number of nitrogens with one attached hydrogen (secondary N) is 3. The van der Waals surface area contributed by atoms with E-state index in [4.69, 9.17) is 0 Å². The van der Waals surface area contributed by atoms with E-state index in [0.717, 1.165) is 17.7 Å². The Kier molecular flexibility index (Phi) is 5.72. The third kappa shape index (κ3) is 3.88. The van der Waals surface area contributed by atoms with Crippen LogP contribution in [0.1, 0.15) is 53.3 Å². The number of anilines is 1. The predicted octanol–water partition coefficient (Wildman–Crippen LogP) is 0.416. The normalized spacial score (nSPS) is 18.8. The number of piperidine rings is 1. The molecule has 0 radical (unpaired) electrons. The first kappa shape index (κ1) is 19.5. The number of nitrogens with zero attached hydrogens (tertiary/aromatic N) is 1. The molecular weight excluding hydrogens is 364 g/mol. The Morgan fingerprint density at radius 1 is 1.14 bits per heavy atom. The van der Waals surface area contributed by atoms with Crippen molar-refractivity contribution in [3.8, 4) is 0 Å². The Labute approximate surface area is 161 Å². The lowest BCUT2D eigenvalue weighted by Crippen LogP contribution is -2.54. The lowest BCUT2D eigenvalue weighted by Gasteiger charge is -2.27. The smallest absolute Gasteiger partial charge is 0.264 e. The molecule has 2 heterocycles. The summed E-state index contributed by atoms with van der Waals surface area (Å²) < 4.78 is 0. The molecule has 0 aromatic heterocycles. The molecule has 0 bridgehead atoms. The van der Waals surface area contributed by atoms with Gasteiger partial charge in [-0.2, -0.15) is 0 Å². The number of carbonyl (C=O) groups excluding carboxylic acids is 5. The third-order valence-electron chi connectivity index (χ3n) is 4.76. The van der Waals surface area contributed by atoms with E-state index in [9.17, 15) is 24.0 Å². The molecule has 9 heteroatoms. The van der Waals surface area contributed by atoms with Crippen molar-refractivity contribution in [1.29, 1.82) is 0 Å². The average Bonchev–Trinajstić information content (AvgIpc) is 2.90. The molecule has 2 aliphatic rings. The molecule has 1 aromatic carbocycles. The molecule has 3 rings (SSSR count). The number of benzene rings is 1. The van der Waals surface area contributed by atoms with E-state index in [-0.39, 0.29) is 29.9 Å². The van der Waals surface area contributed by atoms with Gasteiger partial charge in [-0.05, 0) is 31.4 Å². The topological polar surface area (TPSA) is 125 Å². The summed E-state index contributed by atoms with van der Waals surface area (Å²) in [4.78, 5) is 60.9. The number of carbonyl (C=O) groups is 5. The fourth-order valence-corrected chi connectivity index (χ4v) is 3.40. The molecule has 0 aliphatic carbocycles. The number of amides is 5. The van der Waals surface area contributed by atoms with Crippen molar-refractivity contribution < 1.29 is 24.0 Å². The van der Waals surface area contributed by atoms with Gasteiger partial charge in [-0.25, -0.2) is 0 Å². The van der Waals surface area contributed by atoms with Gasteiger partial charge in [-0.3, -0.25) is 34.2 Å². The van der Waals surface area contributed by atoms with Gasteiger partial charge in [0, 0.05) is 32.1 Å². The van der Waals surface area contributed by atoms with Gasteiger partial charge >= 0.3 is 0 Å². The standard InChI is InChI=1S/C19H22N4O5/c1-11(24)20-9-2-3-10-21-13-6-4-5-12-16(13)19(28)23(18(12)27)14-7-8-15(25)22-17(14)26/h4-6,14,21H,2-3,7-10H2,1H3,(H,20,24)(H,22,25,26). The molecule has 148 valence electrons. The molecule has 2 aliphatic heterocycles. The van der Waals surface area contributed by atoms with Crippen LogP contribution in [0, 0.1) is 0 Å². The zero-order chi connectivity index (χ0) is 20.3. The van der Waals surface area contributed by atoms with Gasteiger partial charge in [0.1, 0.15) is 6.04 Å². The van der Waals surface area contributed by atoms with E-state index in [1.165, 1.54) is 6.92 Å². The van der Waals surface area contributed by atoms with Gasteiger partial charge in [-0.15, -0.1) is 0 Å². The zero-order valence-corrected chi connectivity index (χ0v) is 15.5. The van der Waals surface area contributed by atoms with Crippen LogP contribution in [0.15, 0.2) is 18.2 Å². The summed E-state index contributed by atoms with van der Waals surface area (Å²) in [5.41, 5.74) is 1.03. The number of fused-ring (bicyclic) bond motifs is 1. The first-order valence-electron chi connectivity index (χ1n) is 9.23. The number of rotatable bonds is 7. The fourth-order valence-electron chi connectivity index (χ4n) is 3.40. The van der Waals surface area contributed by atoms with Crippen LogP contribution < -0.4 is 16.0 Å². The lowest BCUT2D eigenvalue weighted by molar-refractivity contribution is -0.136. The minimum absolute atomic E-state index is 0.0773. The number of hydrogen-bond donors (Lipinski definition) is 3. The highest BCUT2D eigenvalue weighted by molar-refractivity contribution is 6.25. The maximum absolute atomic E-state index is 12.9. The average molecular weight is 386 g/mol. The summed E-state index contributed by atoms with van der Waals surface area (Å²) in [6.45, 7) is 2.60. The Balaban J connectivity index is 1.69. The van der Waals surface area contributed by atoms with Gasteiger partial charge in [-0.1, -0.05) is 6.07 Å². The van der Waals surface area contributed by atoms with Crippen molar-refractivity contribution >= 4 is 35.2 Å². The monoisotopic (exact) mass is 386 g/mol. The Morgan fingerprint density at radius 3 is 2.61 bits per heavy atom. The second-order valence-corrected chi connectivity index (χ2v) is 6.79. The second kappa shape index (κ2) is 8.20. The number of imide groups is 2. The van der Waals surface area contributed by atoms with Gasteiger partial charge < -0.3 is 10.6 Å². The minimum Gasteiger partial charge on any atom is -0.384 e. The van der Waals surface area contributed by atoms with Crippen LogP contribution in [-0.4, -0.2) is 53.6 Å². The molecule has 0 saturated carbocycles. The van der Waals surface area contributed by atoms with Gasteiger partial charge in [0.2, 0.25) is 17.7 Å². The highest BCUT2D eigenvalue weighted by atomic mass is 16.2. The minimum atomic E-state index is -0.976. The fraction of sp³-hybridized carbons (Fsp3) is 0.421. The summed E-state index contributed by atoms with van der Waals surface area (Å²) in [5.74, 6) is -2.16. The van der Waals surface area contributed by atoms with Gasteiger partial charge in [0.15, 0.2) is 0 Å². The van der Waals surface area contributed by atoms with Crippen LogP contribution in [0.2, 0.25) is 0 Å². The molecule has 5 amide bonds. The lowest BCUT2D eigenvalue weighted by atomic mass is 10.0. The summed E-state index contributed by atoms with van der Waals surface area (Å²) in [6.07, 6.45) is 1.76. The number of unbranched alkanes of at least 4 members (excludes halogenated alkanes) is 1. The molecule has 1 saturated heterocycles. The van der Waals surface area contributed by atoms with E-state index < -0.39 is 29.7 Å². The van der Waals surface area contributed by atoms with E-state index in [1.807, 2.05) is 0 Å². The largest absolute Gasteiger partial charge is 0.384 e. The van der Waals surface area contributed by atoms with E-state index >= 15 is 0 Å². The Morgan fingerprint density at radius 2 is 1.89 bits per heavy atom. The molecule has 1 unspecified atom stereocenters. The van der Waals surface area contributed by atoms with Crippen LogP contribution in [0.25, 0.3) is 0 Å². The molecule has 1 atom stereocenters. The Hall–Kier alpha value is -3.23. The first-order chi connectivity index (χ1) is 13.4. The highest BCUT2D eigenvalue weighted by Crippen LogP contribution is 2.32. The highest BCUT2D eigenvalue weighted by Gasteiger charge is 2.45. The van der Waals surface area contributed by atoms with E-state index in [1.54, 1.807) is 18.2 Å². The predicted molar refractivity (Wildman–Crippen MR) is 99.5 cm³/mol. The maximum atomic E-state index is 12.9. The van der Waals surface area contributed by atoms with Crippen LogP contribution in [0.5, 0.6) is 0 Å². The van der Waals surface area contributed by atoms with Gasteiger partial charge in [0.05, 0.1) is 11.1 Å². The van der Waals surface area contributed by atoms with Crippen LogP contribution >= 0.6 is 0 Å². The first-order valence-corrected chi connectivity index (χ1v) is 9.23. The van der Waals surface area contributed by atoms with E-state index in [2.05, 4.69) is 16.0 Å². The van der Waals surface area contributed by atoms with Crippen molar-refractivity contribution in [2.24, 2.45) is 0 Å². The van der Waals surface area contributed by atoms with Crippen LogP contribution in [-0.2, 0) is 14.4 Å². The summed E-state index contributed by atoms with van der Waals surface area (Å²) in [7, 11) is 0. The molecule has 3 N–H and O–H groups in total. The zero-order valence-electron chi connectivity index (χ0n) is 15.5. The van der Waals surface area contributed by atoms with Crippen molar-refractivity contribution in [2.45, 2.75) is 38.6 Å². The van der Waals surface area contributed by atoms with E-state index in [0.29, 0.717) is 18.8 Å². The van der Waals surface area contributed by atoms with Crippen molar-refractivity contribution in [3.63, 3.8) is 0 Å². The van der Waals surface area contributed by atoms with Crippen LogP contribution in [0.4, 0.5) is 5.69 Å². The second-order valence-electron chi connectivity index (χ2n) is 6.79. The summed E-state index contributed by atoms with van der Waals surface area (Å²) in [6, 6.07) is 3.97. The maximum Gasteiger partial charge on any atom is 0.264 e. The molecule has 1 fully saturated rings. The number of hydrogen-bond acceptors (Lipinski definition) is 6. The third-order valence-corrected chi connectivity index (χ3v) is 4.76. The SMILES string of the molecule is CC(=O)NCCCCNc1cccc2c1C(=O)N(C1CCC(=O)NC1=O)C2=O. The van der Waals surface area contributed by atoms with Crippen molar-refractivity contribution in [1.82, 2.24) is 15.5 Å². The molecule has 1 aromatic rings. The quantitative estimate of drug-likeness (QED) is 0.461. The van der Waals surface area contributed by atoms with Gasteiger partial charge in [0.25, 0.3) is 11.8 Å². The molecule has 9 nitrogen and oxygen atoms in total. The Bertz CT molecular complexity index is 851. The van der Waals surface area contributed by atoms with Crippen molar-refractivity contribution in [3.05, 3.63) is 29.3 Å². The summed E-state index contributed by atoms with van der Waals surface area (Å²) in [5, 5.41) is 8.05. The van der Waals surface area contributed by atoms with Crippen molar-refractivity contribution in [2.75, 3.05) is 18.4 Å². The van der Waals surface area contributed by atoms with Crippen LogP contribution in [0.3, 0.4) is 0 Å². The molecule has 0 spiro atoms. The summed E-state index contributed by atoms with van der Waals surface area (Å²) >= 11 is 0.